The van der Waals surface area contributed by atoms with Gasteiger partial charge in [-0.1, -0.05) is 12.1 Å². The van der Waals surface area contributed by atoms with Gasteiger partial charge >= 0.3 is 0 Å². The summed E-state index contributed by atoms with van der Waals surface area (Å²) >= 11 is 0. The predicted octanol–water partition coefficient (Wildman–Crippen LogP) is 2.92. The van der Waals surface area contributed by atoms with Crippen molar-refractivity contribution in [2.24, 2.45) is 5.73 Å². The van der Waals surface area contributed by atoms with Crippen LogP contribution in [0.15, 0.2) is 54.7 Å². The third-order valence-electron chi connectivity index (χ3n) is 5.36. The van der Waals surface area contributed by atoms with E-state index in [2.05, 4.69) is 10.4 Å². The number of imidazole rings is 1. The van der Waals surface area contributed by atoms with E-state index in [9.17, 15) is 4.79 Å². The molecule has 1 aliphatic heterocycles. The number of fused-ring (bicyclic) bond motifs is 1. The highest BCUT2D eigenvalue weighted by Crippen LogP contribution is 2.33. The number of para-hydroxylation sites is 2. The second kappa shape index (κ2) is 7.23. The largest absolute Gasteiger partial charge is 0.493 e. The van der Waals surface area contributed by atoms with Crippen molar-refractivity contribution in [1.82, 2.24) is 19.9 Å². The number of benzene rings is 2. The molecule has 0 atom stereocenters. The SMILES string of the molecule is COc1ccccc1Oc1ccc(-c2nc3c(C4CNC4)c[nH]n3c2C(N)=O)cc1. The maximum absolute atomic E-state index is 12.2. The number of aromatic amines is 1. The molecule has 0 saturated carbocycles. The van der Waals surface area contributed by atoms with E-state index in [-0.39, 0.29) is 0 Å². The minimum absolute atomic E-state index is 0.335. The Balaban J connectivity index is 1.50. The number of rotatable bonds is 6. The molecule has 5 rings (SSSR count). The van der Waals surface area contributed by atoms with Crippen LogP contribution in [0.4, 0.5) is 0 Å². The standard InChI is InChI=1S/C22H21N5O3/c1-29-17-4-2-3-5-18(17)30-15-8-6-13(7-9-15)19-20(21(23)28)27-22(26-19)16(12-25-27)14-10-24-11-14/h2-9,12,14,24-25H,10-11H2,1H3,(H2,23,28). The second-order valence-electron chi connectivity index (χ2n) is 7.19. The van der Waals surface area contributed by atoms with Crippen molar-refractivity contribution in [2.45, 2.75) is 5.92 Å². The normalized spacial score (nSPS) is 13.9. The van der Waals surface area contributed by atoms with Gasteiger partial charge in [-0.2, -0.15) is 0 Å². The van der Waals surface area contributed by atoms with Crippen LogP contribution in [0.5, 0.6) is 17.2 Å². The molecule has 1 fully saturated rings. The molecule has 0 radical (unpaired) electrons. The quantitative estimate of drug-likeness (QED) is 0.459. The fourth-order valence-electron chi connectivity index (χ4n) is 3.69. The first kappa shape index (κ1) is 18.3. The highest BCUT2D eigenvalue weighted by Gasteiger charge is 2.27. The number of carbonyl (C=O) groups excluding carboxylic acids is 1. The molecule has 1 aliphatic rings. The zero-order valence-corrected chi connectivity index (χ0v) is 16.4. The molecule has 152 valence electrons. The lowest BCUT2D eigenvalue weighted by Crippen LogP contribution is -2.39. The predicted molar refractivity (Wildman–Crippen MR) is 112 cm³/mol. The van der Waals surface area contributed by atoms with Gasteiger partial charge in [0.2, 0.25) is 0 Å². The van der Waals surface area contributed by atoms with Crippen LogP contribution in [-0.2, 0) is 0 Å². The third-order valence-corrected chi connectivity index (χ3v) is 5.36. The minimum atomic E-state index is -0.535. The van der Waals surface area contributed by atoms with E-state index in [1.807, 2.05) is 54.7 Å². The van der Waals surface area contributed by atoms with Crippen LogP contribution in [0.1, 0.15) is 22.0 Å². The fraction of sp³-hybridized carbons (Fsp3) is 0.182. The number of nitrogens with two attached hydrogens (primary N) is 1. The van der Waals surface area contributed by atoms with Gasteiger partial charge in [0.1, 0.15) is 11.4 Å². The summed E-state index contributed by atoms with van der Waals surface area (Å²) in [6, 6.07) is 14.8. The molecule has 8 nitrogen and oxygen atoms in total. The summed E-state index contributed by atoms with van der Waals surface area (Å²) in [6.45, 7) is 1.80. The van der Waals surface area contributed by atoms with E-state index in [1.54, 1.807) is 11.6 Å². The number of ether oxygens (including phenoxy) is 2. The summed E-state index contributed by atoms with van der Waals surface area (Å²) in [6.07, 6.45) is 1.90. The smallest absolute Gasteiger partial charge is 0.269 e. The number of H-pyrrole nitrogens is 1. The Kier molecular flexibility index (Phi) is 4.40. The van der Waals surface area contributed by atoms with E-state index < -0.39 is 5.91 Å². The fourth-order valence-corrected chi connectivity index (χ4v) is 3.69. The van der Waals surface area contributed by atoms with Crippen molar-refractivity contribution >= 4 is 11.6 Å². The van der Waals surface area contributed by atoms with Gasteiger partial charge in [0.05, 0.1) is 7.11 Å². The first-order chi connectivity index (χ1) is 14.7. The number of primary amides is 1. The maximum atomic E-state index is 12.2. The lowest BCUT2D eigenvalue weighted by Gasteiger charge is -2.25. The van der Waals surface area contributed by atoms with E-state index in [1.165, 1.54) is 0 Å². The number of hydrogen-bond donors (Lipinski definition) is 3. The van der Waals surface area contributed by atoms with Crippen LogP contribution in [0, 0.1) is 0 Å². The summed E-state index contributed by atoms with van der Waals surface area (Å²) in [5.41, 5.74) is 9.17. The molecule has 3 heterocycles. The average molecular weight is 403 g/mol. The Bertz CT molecular complexity index is 1220. The highest BCUT2D eigenvalue weighted by atomic mass is 16.5. The van der Waals surface area contributed by atoms with Gasteiger partial charge < -0.3 is 20.5 Å². The zero-order chi connectivity index (χ0) is 20.7. The van der Waals surface area contributed by atoms with E-state index in [4.69, 9.17) is 20.2 Å². The summed E-state index contributed by atoms with van der Waals surface area (Å²) in [5, 5.41) is 6.38. The van der Waals surface area contributed by atoms with Crippen molar-refractivity contribution in [1.29, 1.82) is 0 Å². The number of carbonyl (C=O) groups is 1. The van der Waals surface area contributed by atoms with Crippen LogP contribution < -0.4 is 20.5 Å². The molecular weight excluding hydrogens is 382 g/mol. The van der Waals surface area contributed by atoms with Crippen molar-refractivity contribution in [3.05, 3.63) is 66.0 Å². The molecule has 0 aliphatic carbocycles. The van der Waals surface area contributed by atoms with E-state index >= 15 is 0 Å². The molecule has 4 aromatic rings. The molecule has 2 aromatic heterocycles. The van der Waals surface area contributed by atoms with Crippen molar-refractivity contribution in [3.8, 4) is 28.5 Å². The summed E-state index contributed by atoms with van der Waals surface area (Å²) in [4.78, 5) is 17.0. The lowest BCUT2D eigenvalue weighted by molar-refractivity contribution is 0.0994. The Morgan fingerprint density at radius 1 is 1.13 bits per heavy atom. The molecule has 8 heteroatoms. The first-order valence-electron chi connectivity index (χ1n) is 9.67. The van der Waals surface area contributed by atoms with Crippen LogP contribution in [0.2, 0.25) is 0 Å². The van der Waals surface area contributed by atoms with Gasteiger partial charge in [-0.05, 0) is 36.4 Å². The molecule has 0 unspecified atom stereocenters. The number of amides is 1. The second-order valence-corrected chi connectivity index (χ2v) is 7.19. The molecule has 2 aromatic carbocycles. The summed E-state index contributed by atoms with van der Waals surface area (Å²) < 4.78 is 12.9. The molecule has 1 saturated heterocycles. The number of hydrogen-bond acceptors (Lipinski definition) is 5. The van der Waals surface area contributed by atoms with Crippen molar-refractivity contribution in [2.75, 3.05) is 20.2 Å². The van der Waals surface area contributed by atoms with Gasteiger partial charge in [0.25, 0.3) is 5.91 Å². The monoisotopic (exact) mass is 403 g/mol. The van der Waals surface area contributed by atoms with Gasteiger partial charge in [0.15, 0.2) is 22.8 Å². The Morgan fingerprint density at radius 2 is 1.87 bits per heavy atom. The minimum Gasteiger partial charge on any atom is -0.493 e. The molecular formula is C22H21N5O3. The highest BCUT2D eigenvalue weighted by molar-refractivity contribution is 5.98. The Labute approximate surface area is 172 Å². The third kappa shape index (κ3) is 2.98. The van der Waals surface area contributed by atoms with Crippen LogP contribution in [0.3, 0.4) is 0 Å². The Hall–Kier alpha value is -3.78. The Morgan fingerprint density at radius 3 is 2.50 bits per heavy atom. The molecule has 4 N–H and O–H groups in total. The van der Waals surface area contributed by atoms with E-state index in [0.29, 0.717) is 34.6 Å². The molecule has 30 heavy (non-hydrogen) atoms. The van der Waals surface area contributed by atoms with Gasteiger partial charge in [0, 0.05) is 36.3 Å². The zero-order valence-electron chi connectivity index (χ0n) is 16.4. The number of methoxy groups -OCH3 is 1. The van der Waals surface area contributed by atoms with Gasteiger partial charge in [-0.15, -0.1) is 0 Å². The van der Waals surface area contributed by atoms with Crippen LogP contribution >= 0.6 is 0 Å². The van der Waals surface area contributed by atoms with Crippen molar-refractivity contribution < 1.29 is 14.3 Å². The van der Waals surface area contributed by atoms with E-state index in [0.717, 1.165) is 29.9 Å². The number of nitrogens with one attached hydrogen (secondary N) is 2. The lowest BCUT2D eigenvalue weighted by atomic mass is 9.96. The number of aromatic nitrogens is 3. The number of nitrogens with zero attached hydrogens (tertiary/aromatic N) is 2. The maximum Gasteiger partial charge on any atom is 0.269 e. The van der Waals surface area contributed by atoms with Crippen molar-refractivity contribution in [3.63, 3.8) is 0 Å². The van der Waals surface area contributed by atoms with Crippen LogP contribution in [-0.4, -0.2) is 40.7 Å². The average Bonchev–Trinajstić information content (AvgIpc) is 3.28. The summed E-state index contributed by atoms with van der Waals surface area (Å²) in [5.74, 6) is 1.77. The van der Waals surface area contributed by atoms with Gasteiger partial charge in [-0.25, -0.2) is 9.50 Å². The van der Waals surface area contributed by atoms with Gasteiger partial charge in [-0.3, -0.25) is 9.89 Å². The molecule has 1 amide bonds. The first-order valence-corrected chi connectivity index (χ1v) is 9.67. The van der Waals surface area contributed by atoms with Crippen LogP contribution in [0.25, 0.3) is 16.9 Å². The topological polar surface area (TPSA) is 107 Å². The summed E-state index contributed by atoms with van der Waals surface area (Å²) in [7, 11) is 1.60. The molecule has 0 bridgehead atoms. The molecule has 0 spiro atoms.